The molecule has 0 unspecified atom stereocenters. The second-order valence-electron chi connectivity index (χ2n) is 3.35. The van der Waals surface area contributed by atoms with Crippen LogP contribution in [0.25, 0.3) is 0 Å². The molecule has 0 radical (unpaired) electrons. The van der Waals surface area contributed by atoms with Crippen LogP contribution >= 0.6 is 11.6 Å². The molecule has 3 nitrogen and oxygen atoms in total. The first-order valence-corrected chi connectivity index (χ1v) is 5.53. The van der Waals surface area contributed by atoms with E-state index in [9.17, 15) is 4.79 Å². The second kappa shape index (κ2) is 6.38. The van der Waals surface area contributed by atoms with E-state index in [2.05, 4.69) is 4.74 Å². The molecule has 0 spiro atoms. The molecule has 0 aromatic heterocycles. The monoisotopic (exact) mass is 242 g/mol. The van der Waals surface area contributed by atoms with Gasteiger partial charge < -0.3 is 9.47 Å². The van der Waals surface area contributed by atoms with Gasteiger partial charge in [0.15, 0.2) is 0 Å². The Balaban J connectivity index is 2.84. The minimum absolute atomic E-state index is 0.177. The molecular weight excluding hydrogens is 228 g/mol. The summed E-state index contributed by atoms with van der Waals surface area (Å²) in [5.74, 6) is 0.389. The fraction of sp³-hybridized carbons (Fsp3) is 0.417. The van der Waals surface area contributed by atoms with E-state index in [1.807, 2.05) is 6.92 Å². The van der Waals surface area contributed by atoms with E-state index < -0.39 is 0 Å². The maximum atomic E-state index is 11.2. The summed E-state index contributed by atoms with van der Waals surface area (Å²) < 4.78 is 10.1. The van der Waals surface area contributed by atoms with Gasteiger partial charge in [-0.1, -0.05) is 18.5 Å². The second-order valence-corrected chi connectivity index (χ2v) is 3.79. The maximum absolute atomic E-state index is 11.2. The highest BCUT2D eigenvalue weighted by molar-refractivity contribution is 6.30. The lowest BCUT2D eigenvalue weighted by atomic mass is 10.1. The van der Waals surface area contributed by atoms with E-state index in [1.54, 1.807) is 18.2 Å². The molecule has 16 heavy (non-hydrogen) atoms. The van der Waals surface area contributed by atoms with Gasteiger partial charge in [0, 0.05) is 10.6 Å². The Hall–Kier alpha value is -1.22. The molecule has 0 aliphatic carbocycles. The summed E-state index contributed by atoms with van der Waals surface area (Å²) in [6.45, 7) is 2.64. The largest absolute Gasteiger partial charge is 0.493 e. The first kappa shape index (κ1) is 12.8. The van der Waals surface area contributed by atoms with Crippen LogP contribution in [0.5, 0.6) is 5.75 Å². The normalized spacial score (nSPS) is 9.94. The summed E-state index contributed by atoms with van der Waals surface area (Å²) in [4.78, 5) is 11.2. The number of hydrogen-bond acceptors (Lipinski definition) is 3. The van der Waals surface area contributed by atoms with E-state index in [0.29, 0.717) is 17.4 Å². The first-order valence-electron chi connectivity index (χ1n) is 5.15. The van der Waals surface area contributed by atoms with E-state index in [1.165, 1.54) is 7.11 Å². The predicted molar refractivity (Wildman–Crippen MR) is 63.0 cm³/mol. The third-order valence-electron chi connectivity index (χ3n) is 2.05. The molecule has 1 aromatic rings. The molecule has 1 aromatic carbocycles. The molecule has 0 amide bonds. The summed E-state index contributed by atoms with van der Waals surface area (Å²) in [7, 11) is 1.36. The quantitative estimate of drug-likeness (QED) is 0.745. The molecule has 0 saturated carbocycles. The number of carbonyl (C=O) groups excluding carboxylic acids is 1. The maximum Gasteiger partial charge on any atom is 0.310 e. The van der Waals surface area contributed by atoms with Crippen molar-refractivity contribution < 1.29 is 14.3 Å². The Bertz CT molecular complexity index is 363. The van der Waals surface area contributed by atoms with Crippen molar-refractivity contribution in [3.05, 3.63) is 28.8 Å². The van der Waals surface area contributed by atoms with Crippen molar-refractivity contribution in [3.8, 4) is 5.75 Å². The molecule has 0 heterocycles. The molecule has 0 N–H and O–H groups in total. The molecule has 0 bridgehead atoms. The fourth-order valence-electron chi connectivity index (χ4n) is 1.27. The van der Waals surface area contributed by atoms with Crippen molar-refractivity contribution in [2.75, 3.05) is 13.7 Å². The zero-order valence-corrected chi connectivity index (χ0v) is 10.2. The number of carbonyl (C=O) groups is 1. The number of halogens is 1. The Labute approximate surface area is 100 Å². The van der Waals surface area contributed by atoms with Gasteiger partial charge in [-0.15, -0.1) is 0 Å². The molecule has 0 aliphatic rings. The SMILES string of the molecule is CCCOc1ccc(Cl)cc1CC(=O)OC. The minimum Gasteiger partial charge on any atom is -0.493 e. The fourth-order valence-corrected chi connectivity index (χ4v) is 1.46. The van der Waals surface area contributed by atoms with Crippen LogP contribution in [-0.2, 0) is 16.0 Å². The van der Waals surface area contributed by atoms with Crippen LogP contribution in [-0.4, -0.2) is 19.7 Å². The Morgan fingerprint density at radius 3 is 2.81 bits per heavy atom. The van der Waals surface area contributed by atoms with Gasteiger partial charge >= 0.3 is 5.97 Å². The lowest BCUT2D eigenvalue weighted by Gasteiger charge is -2.10. The Morgan fingerprint density at radius 2 is 2.19 bits per heavy atom. The van der Waals surface area contributed by atoms with Gasteiger partial charge in [0.2, 0.25) is 0 Å². The summed E-state index contributed by atoms with van der Waals surface area (Å²) in [5, 5.41) is 0.586. The lowest BCUT2D eigenvalue weighted by molar-refractivity contribution is -0.139. The van der Waals surface area contributed by atoms with Crippen LogP contribution in [0.1, 0.15) is 18.9 Å². The number of hydrogen-bond donors (Lipinski definition) is 0. The average molecular weight is 243 g/mol. The van der Waals surface area contributed by atoms with Gasteiger partial charge in [0.25, 0.3) is 0 Å². The highest BCUT2D eigenvalue weighted by atomic mass is 35.5. The molecule has 0 atom stereocenters. The highest BCUT2D eigenvalue weighted by Gasteiger charge is 2.09. The molecule has 0 fully saturated rings. The third kappa shape index (κ3) is 3.74. The molecular formula is C12H15ClO3. The summed E-state index contributed by atoms with van der Waals surface area (Å²) in [6, 6.07) is 5.24. The smallest absolute Gasteiger partial charge is 0.310 e. The van der Waals surface area contributed by atoms with Crippen molar-refractivity contribution in [3.63, 3.8) is 0 Å². The van der Waals surface area contributed by atoms with Crippen LogP contribution in [0, 0.1) is 0 Å². The van der Waals surface area contributed by atoms with Gasteiger partial charge in [-0.3, -0.25) is 4.79 Å². The van der Waals surface area contributed by atoms with Crippen LogP contribution in [0.15, 0.2) is 18.2 Å². The summed E-state index contributed by atoms with van der Waals surface area (Å²) in [5.41, 5.74) is 0.757. The number of esters is 1. The highest BCUT2D eigenvalue weighted by Crippen LogP contribution is 2.23. The zero-order chi connectivity index (χ0) is 12.0. The van der Waals surface area contributed by atoms with Gasteiger partial charge in [-0.05, 0) is 24.6 Å². The molecule has 4 heteroatoms. The van der Waals surface area contributed by atoms with Gasteiger partial charge in [-0.2, -0.15) is 0 Å². The van der Waals surface area contributed by atoms with Crippen LogP contribution in [0.3, 0.4) is 0 Å². The minimum atomic E-state index is -0.302. The van der Waals surface area contributed by atoms with Crippen molar-refractivity contribution in [1.82, 2.24) is 0 Å². The lowest BCUT2D eigenvalue weighted by Crippen LogP contribution is -2.07. The van der Waals surface area contributed by atoms with Crippen molar-refractivity contribution in [1.29, 1.82) is 0 Å². The zero-order valence-electron chi connectivity index (χ0n) is 9.46. The van der Waals surface area contributed by atoms with Crippen LogP contribution in [0.4, 0.5) is 0 Å². The average Bonchev–Trinajstić information content (AvgIpc) is 2.28. The van der Waals surface area contributed by atoms with Gasteiger partial charge in [0.1, 0.15) is 5.75 Å². The summed E-state index contributed by atoms with van der Waals surface area (Å²) in [6.07, 6.45) is 1.09. The Morgan fingerprint density at radius 1 is 1.44 bits per heavy atom. The number of ether oxygens (including phenoxy) is 2. The van der Waals surface area contributed by atoms with Crippen LogP contribution in [0.2, 0.25) is 5.02 Å². The topological polar surface area (TPSA) is 35.5 Å². The molecule has 88 valence electrons. The van der Waals surface area contributed by atoms with Crippen LogP contribution < -0.4 is 4.74 Å². The van der Waals surface area contributed by atoms with E-state index in [-0.39, 0.29) is 12.4 Å². The van der Waals surface area contributed by atoms with E-state index in [0.717, 1.165) is 12.0 Å². The number of methoxy groups -OCH3 is 1. The van der Waals surface area contributed by atoms with E-state index >= 15 is 0 Å². The third-order valence-corrected chi connectivity index (χ3v) is 2.28. The molecule has 0 aliphatic heterocycles. The van der Waals surface area contributed by atoms with Crippen molar-refractivity contribution >= 4 is 17.6 Å². The van der Waals surface area contributed by atoms with Gasteiger partial charge in [0.05, 0.1) is 20.1 Å². The molecule has 1 rings (SSSR count). The van der Waals surface area contributed by atoms with Crippen molar-refractivity contribution in [2.24, 2.45) is 0 Å². The van der Waals surface area contributed by atoms with E-state index in [4.69, 9.17) is 16.3 Å². The Kier molecular flexibility index (Phi) is 5.12. The number of rotatable bonds is 5. The first-order chi connectivity index (χ1) is 7.67. The summed E-state index contributed by atoms with van der Waals surface area (Å²) >= 11 is 5.87. The molecule has 0 saturated heterocycles. The standard InChI is InChI=1S/C12H15ClO3/c1-3-6-16-11-5-4-10(13)7-9(11)8-12(14)15-2/h4-5,7H,3,6,8H2,1-2H3. The number of benzene rings is 1. The van der Waals surface area contributed by atoms with Gasteiger partial charge in [-0.25, -0.2) is 0 Å². The van der Waals surface area contributed by atoms with Crippen molar-refractivity contribution in [2.45, 2.75) is 19.8 Å². The predicted octanol–water partition coefficient (Wildman–Crippen LogP) is 2.84.